The Morgan fingerprint density at radius 2 is 1.92 bits per heavy atom. The first kappa shape index (κ1) is 23.5. The van der Waals surface area contributed by atoms with Crippen molar-refractivity contribution in [2.75, 3.05) is 26.2 Å². The number of hydrogen-bond donors (Lipinski definition) is 3. The Hall–Kier alpha value is -0.570. The first-order chi connectivity index (χ1) is 12.0. The smallest absolute Gasteiger partial charge is 0.222 e. The summed E-state index contributed by atoms with van der Waals surface area (Å²) in [5.74, 6) is 0.951. The Bertz CT molecular complexity index is 464. The van der Waals surface area contributed by atoms with Gasteiger partial charge in [-0.05, 0) is 33.1 Å². The van der Waals surface area contributed by atoms with Crippen LogP contribution in [-0.2, 0) is 9.53 Å². The summed E-state index contributed by atoms with van der Waals surface area (Å²) in [4.78, 5) is 16.2. The summed E-state index contributed by atoms with van der Waals surface area (Å²) in [6.45, 7) is 10.7. The summed E-state index contributed by atoms with van der Waals surface area (Å²) in [7, 11) is 0. The molecule has 2 unspecified atom stereocenters. The molecule has 1 spiro atoms. The van der Waals surface area contributed by atoms with Gasteiger partial charge in [0.2, 0.25) is 5.91 Å². The van der Waals surface area contributed by atoms with Crippen molar-refractivity contribution in [1.29, 1.82) is 0 Å². The number of amides is 1. The van der Waals surface area contributed by atoms with Gasteiger partial charge < -0.3 is 20.7 Å². The van der Waals surface area contributed by atoms with Crippen molar-refractivity contribution in [2.24, 2.45) is 16.3 Å². The average Bonchev–Trinajstić information content (AvgIpc) is 3.10. The second-order valence-electron chi connectivity index (χ2n) is 7.52. The second kappa shape index (κ2) is 11.3. The van der Waals surface area contributed by atoms with Crippen molar-refractivity contribution < 1.29 is 9.53 Å². The van der Waals surface area contributed by atoms with E-state index in [0.29, 0.717) is 25.2 Å². The Morgan fingerprint density at radius 3 is 2.50 bits per heavy atom. The zero-order valence-corrected chi connectivity index (χ0v) is 19.1. The Labute approximate surface area is 175 Å². The molecule has 2 aliphatic rings. The highest BCUT2D eigenvalue weighted by Crippen LogP contribution is 2.54. The molecule has 0 aromatic carbocycles. The Balaban J connectivity index is 0.00000338. The van der Waals surface area contributed by atoms with Crippen LogP contribution in [0.25, 0.3) is 0 Å². The minimum absolute atomic E-state index is 0. The molecule has 152 valence electrons. The van der Waals surface area contributed by atoms with Gasteiger partial charge in [0.05, 0.1) is 12.6 Å². The van der Waals surface area contributed by atoms with Crippen LogP contribution in [0.1, 0.15) is 59.8 Å². The van der Waals surface area contributed by atoms with E-state index < -0.39 is 0 Å². The van der Waals surface area contributed by atoms with E-state index in [9.17, 15) is 4.79 Å². The summed E-state index contributed by atoms with van der Waals surface area (Å²) in [5.41, 5.74) is 0.290. The molecule has 0 bridgehead atoms. The molecule has 3 N–H and O–H groups in total. The molecule has 6 nitrogen and oxygen atoms in total. The number of halogens is 1. The number of hydrogen-bond acceptors (Lipinski definition) is 3. The van der Waals surface area contributed by atoms with Gasteiger partial charge in [0.15, 0.2) is 5.96 Å². The molecule has 2 fully saturated rings. The predicted octanol–water partition coefficient (Wildman–Crippen LogP) is 2.67. The predicted molar refractivity (Wildman–Crippen MR) is 117 cm³/mol. The monoisotopic (exact) mass is 480 g/mol. The number of ether oxygens (including phenoxy) is 1. The third kappa shape index (κ3) is 5.71. The van der Waals surface area contributed by atoms with Gasteiger partial charge in [-0.1, -0.05) is 26.7 Å². The number of carbonyl (C=O) groups excluding carboxylic acids is 1. The highest BCUT2D eigenvalue weighted by atomic mass is 127. The van der Waals surface area contributed by atoms with E-state index in [1.807, 2.05) is 13.8 Å². The fourth-order valence-corrected chi connectivity index (χ4v) is 4.12. The minimum atomic E-state index is 0. The lowest BCUT2D eigenvalue weighted by molar-refractivity contribution is -0.125. The molecule has 26 heavy (non-hydrogen) atoms. The molecular weight excluding hydrogens is 443 g/mol. The van der Waals surface area contributed by atoms with Crippen LogP contribution in [0.2, 0.25) is 0 Å². The highest BCUT2D eigenvalue weighted by Gasteiger charge is 2.56. The number of nitrogens with one attached hydrogen (secondary N) is 3. The summed E-state index contributed by atoms with van der Waals surface area (Å²) in [6.07, 6.45) is 6.55. The van der Waals surface area contributed by atoms with Crippen molar-refractivity contribution in [2.45, 2.75) is 71.9 Å². The lowest BCUT2D eigenvalue weighted by Gasteiger charge is -2.54. The molecule has 1 amide bonds. The molecular formula is C19H37IN4O2. The lowest BCUT2D eigenvalue weighted by atomic mass is 9.60. The maximum atomic E-state index is 11.6. The molecule has 2 rings (SSSR count). The normalized spacial score (nSPS) is 24.1. The van der Waals surface area contributed by atoms with Crippen LogP contribution in [0, 0.1) is 11.3 Å². The van der Waals surface area contributed by atoms with E-state index in [1.54, 1.807) is 0 Å². The van der Waals surface area contributed by atoms with Gasteiger partial charge in [0, 0.05) is 37.1 Å². The van der Waals surface area contributed by atoms with Gasteiger partial charge in [-0.3, -0.25) is 9.79 Å². The van der Waals surface area contributed by atoms with E-state index in [4.69, 9.17) is 4.74 Å². The first-order valence-corrected chi connectivity index (χ1v) is 9.97. The van der Waals surface area contributed by atoms with Gasteiger partial charge in [-0.2, -0.15) is 0 Å². The molecule has 0 radical (unpaired) electrons. The van der Waals surface area contributed by atoms with Crippen LogP contribution in [0.3, 0.4) is 0 Å². The molecule has 0 heterocycles. The number of guanidine groups is 1. The van der Waals surface area contributed by atoms with Crippen molar-refractivity contribution in [1.82, 2.24) is 16.0 Å². The van der Waals surface area contributed by atoms with Gasteiger partial charge in [-0.25, -0.2) is 0 Å². The van der Waals surface area contributed by atoms with Crippen molar-refractivity contribution in [3.05, 3.63) is 0 Å². The molecule has 0 saturated heterocycles. The topological polar surface area (TPSA) is 74.8 Å². The molecule has 2 saturated carbocycles. The Morgan fingerprint density at radius 1 is 1.23 bits per heavy atom. The fourth-order valence-electron chi connectivity index (χ4n) is 4.12. The van der Waals surface area contributed by atoms with Crippen molar-refractivity contribution in [3.8, 4) is 0 Å². The van der Waals surface area contributed by atoms with Crippen LogP contribution >= 0.6 is 24.0 Å². The van der Waals surface area contributed by atoms with Gasteiger partial charge >= 0.3 is 0 Å². The van der Waals surface area contributed by atoms with Gasteiger partial charge in [0.1, 0.15) is 0 Å². The van der Waals surface area contributed by atoms with E-state index in [1.165, 1.54) is 25.7 Å². The lowest BCUT2D eigenvalue weighted by Crippen LogP contribution is -2.65. The fraction of sp³-hybridized carbons (Fsp3) is 0.895. The summed E-state index contributed by atoms with van der Waals surface area (Å²) >= 11 is 0. The molecule has 0 aromatic rings. The molecule has 2 atom stereocenters. The Kier molecular flexibility index (Phi) is 10.2. The van der Waals surface area contributed by atoms with Crippen LogP contribution < -0.4 is 16.0 Å². The summed E-state index contributed by atoms with van der Waals surface area (Å²) < 4.78 is 5.99. The third-order valence-corrected chi connectivity index (χ3v) is 5.55. The number of nitrogens with zero attached hydrogens (tertiary/aromatic N) is 1. The SMILES string of the molecule is CCNC(=NCCNC(=O)C(C)C)NC1CC(OCC)C12CCCC2.I. The van der Waals surface area contributed by atoms with E-state index >= 15 is 0 Å². The average molecular weight is 480 g/mol. The van der Waals surface area contributed by atoms with Crippen LogP contribution in [0.15, 0.2) is 4.99 Å². The van der Waals surface area contributed by atoms with Crippen molar-refractivity contribution in [3.63, 3.8) is 0 Å². The third-order valence-electron chi connectivity index (χ3n) is 5.55. The first-order valence-electron chi connectivity index (χ1n) is 9.97. The molecule has 7 heteroatoms. The highest BCUT2D eigenvalue weighted by molar-refractivity contribution is 14.0. The summed E-state index contributed by atoms with van der Waals surface area (Å²) in [6, 6.07) is 0.439. The van der Waals surface area contributed by atoms with Gasteiger partial charge in [0.25, 0.3) is 0 Å². The number of aliphatic imine (C=N–C) groups is 1. The van der Waals surface area contributed by atoms with Crippen LogP contribution in [0.4, 0.5) is 0 Å². The molecule has 2 aliphatic carbocycles. The number of carbonyl (C=O) groups is 1. The van der Waals surface area contributed by atoms with Crippen LogP contribution in [0.5, 0.6) is 0 Å². The van der Waals surface area contributed by atoms with Crippen LogP contribution in [-0.4, -0.2) is 50.3 Å². The quantitative estimate of drug-likeness (QED) is 0.216. The zero-order chi connectivity index (χ0) is 18.3. The van der Waals surface area contributed by atoms with Crippen molar-refractivity contribution >= 4 is 35.8 Å². The maximum absolute atomic E-state index is 11.6. The zero-order valence-electron chi connectivity index (χ0n) is 16.8. The van der Waals surface area contributed by atoms with E-state index in [-0.39, 0.29) is 41.2 Å². The number of rotatable bonds is 8. The molecule has 0 aromatic heterocycles. The second-order valence-corrected chi connectivity index (χ2v) is 7.52. The minimum Gasteiger partial charge on any atom is -0.378 e. The van der Waals surface area contributed by atoms with Gasteiger partial charge in [-0.15, -0.1) is 24.0 Å². The maximum Gasteiger partial charge on any atom is 0.222 e. The molecule has 0 aliphatic heterocycles. The van der Waals surface area contributed by atoms with E-state index in [2.05, 4.69) is 34.8 Å². The standard InChI is InChI=1S/C19H36N4O2.HI/c1-5-20-18(22-12-11-21-17(24)14(3)4)23-15-13-16(25-6-2)19(15)9-7-8-10-19;/h14-16H,5-13H2,1-4H3,(H,21,24)(H2,20,22,23);1H. The summed E-state index contributed by atoms with van der Waals surface area (Å²) in [5, 5.41) is 9.88. The largest absolute Gasteiger partial charge is 0.378 e. The van der Waals surface area contributed by atoms with E-state index in [0.717, 1.165) is 25.5 Å².